The van der Waals surface area contributed by atoms with Crippen LogP contribution >= 0.6 is 11.3 Å². The lowest BCUT2D eigenvalue weighted by atomic mass is 10.2. The molecule has 0 saturated heterocycles. The molecule has 1 unspecified atom stereocenters. The zero-order valence-electron chi connectivity index (χ0n) is 13.5. The van der Waals surface area contributed by atoms with Gasteiger partial charge < -0.3 is 10.1 Å². The topological polar surface area (TPSA) is 75.0 Å². The monoisotopic (exact) mass is 349 g/mol. The second-order valence-corrected chi connectivity index (χ2v) is 6.19. The summed E-state index contributed by atoms with van der Waals surface area (Å²) in [6.07, 6.45) is 1.10. The third-order valence-electron chi connectivity index (χ3n) is 3.50. The minimum atomic E-state index is -0.661. The van der Waals surface area contributed by atoms with Crippen molar-refractivity contribution in [2.45, 2.75) is 13.0 Å². The van der Waals surface area contributed by atoms with E-state index in [-0.39, 0.29) is 5.91 Å². The van der Waals surface area contributed by atoms with Gasteiger partial charge in [0.25, 0.3) is 5.91 Å². The number of amides is 1. The van der Waals surface area contributed by atoms with Crippen LogP contribution in [0, 0.1) is 11.3 Å². The molecule has 1 N–H and O–H groups in total. The fourth-order valence-electron chi connectivity index (χ4n) is 2.17. The van der Waals surface area contributed by atoms with Gasteiger partial charge in [0, 0.05) is 22.8 Å². The summed E-state index contributed by atoms with van der Waals surface area (Å²) in [5.74, 6) is 0.298. The number of rotatable bonds is 5. The Bertz CT molecular complexity index is 882. The summed E-state index contributed by atoms with van der Waals surface area (Å²) in [6, 6.07) is 16.2. The molecular formula is C19H15N3O2S. The molecule has 0 bridgehead atoms. The van der Waals surface area contributed by atoms with Gasteiger partial charge in [-0.2, -0.15) is 5.26 Å². The molecule has 1 amide bonds. The van der Waals surface area contributed by atoms with Crippen LogP contribution < -0.4 is 10.1 Å². The molecule has 25 heavy (non-hydrogen) atoms. The number of benzene rings is 2. The normalized spacial score (nSPS) is 11.4. The summed E-state index contributed by atoms with van der Waals surface area (Å²) in [4.78, 5) is 16.5. The van der Waals surface area contributed by atoms with Gasteiger partial charge in [-0.3, -0.25) is 4.79 Å². The van der Waals surface area contributed by atoms with Crippen LogP contribution in [0.2, 0.25) is 0 Å². The smallest absolute Gasteiger partial charge is 0.265 e. The second-order valence-electron chi connectivity index (χ2n) is 5.30. The molecule has 2 aromatic carbocycles. The van der Waals surface area contributed by atoms with Crippen LogP contribution in [0.15, 0.2) is 60.1 Å². The highest BCUT2D eigenvalue weighted by Gasteiger charge is 2.15. The molecule has 0 aliphatic heterocycles. The first-order chi connectivity index (χ1) is 12.2. The quantitative estimate of drug-likeness (QED) is 0.753. The largest absolute Gasteiger partial charge is 0.481 e. The van der Waals surface area contributed by atoms with E-state index in [2.05, 4.69) is 10.3 Å². The highest BCUT2D eigenvalue weighted by atomic mass is 32.1. The fraction of sp³-hybridized carbons (Fsp3) is 0.105. The molecule has 0 fully saturated rings. The van der Waals surface area contributed by atoms with Crippen LogP contribution in [0.4, 0.5) is 5.69 Å². The summed E-state index contributed by atoms with van der Waals surface area (Å²) < 4.78 is 5.60. The maximum absolute atomic E-state index is 12.3. The number of thiazole rings is 1. The van der Waals surface area contributed by atoms with Crippen molar-refractivity contribution in [1.82, 2.24) is 4.98 Å². The van der Waals surface area contributed by atoms with E-state index in [0.717, 1.165) is 10.6 Å². The van der Waals surface area contributed by atoms with Gasteiger partial charge in [-0.15, -0.1) is 11.3 Å². The van der Waals surface area contributed by atoms with Crippen LogP contribution in [0.25, 0.3) is 10.6 Å². The molecular weight excluding hydrogens is 334 g/mol. The Hall–Kier alpha value is -3.17. The molecule has 3 aromatic rings. The number of hydrogen-bond acceptors (Lipinski definition) is 5. The Kier molecular flexibility index (Phi) is 5.07. The van der Waals surface area contributed by atoms with Crippen molar-refractivity contribution in [3.8, 4) is 22.4 Å². The average Bonchev–Trinajstić information content (AvgIpc) is 3.17. The summed E-state index contributed by atoms with van der Waals surface area (Å²) in [6.45, 7) is 1.68. The number of nitriles is 1. The Morgan fingerprint density at radius 3 is 2.52 bits per heavy atom. The third kappa shape index (κ3) is 4.22. The lowest BCUT2D eigenvalue weighted by Gasteiger charge is -2.15. The Balaban J connectivity index is 1.60. The second kappa shape index (κ2) is 7.60. The van der Waals surface area contributed by atoms with Crippen molar-refractivity contribution in [3.05, 3.63) is 65.7 Å². The number of anilines is 1. The molecule has 1 heterocycles. The van der Waals surface area contributed by atoms with Crippen molar-refractivity contribution in [2.75, 3.05) is 5.32 Å². The molecule has 0 aliphatic rings. The number of hydrogen-bond donors (Lipinski definition) is 1. The van der Waals surface area contributed by atoms with E-state index in [9.17, 15) is 4.79 Å². The fourth-order valence-corrected chi connectivity index (χ4v) is 2.82. The van der Waals surface area contributed by atoms with Gasteiger partial charge >= 0.3 is 0 Å². The molecule has 124 valence electrons. The first-order valence-electron chi connectivity index (χ1n) is 7.63. The van der Waals surface area contributed by atoms with Gasteiger partial charge in [-0.05, 0) is 55.5 Å². The van der Waals surface area contributed by atoms with Crippen LogP contribution in [-0.2, 0) is 4.79 Å². The summed E-state index contributed by atoms with van der Waals surface area (Å²) in [5, 5.41) is 14.5. The van der Waals surface area contributed by atoms with Crippen LogP contribution in [0.3, 0.4) is 0 Å². The SMILES string of the molecule is CC(Oc1ccc(C#N)cc1)C(=O)Nc1ccc(-c2nccs2)cc1. The molecule has 0 saturated carbocycles. The van der Waals surface area contributed by atoms with Gasteiger partial charge in [-0.25, -0.2) is 4.98 Å². The summed E-state index contributed by atoms with van der Waals surface area (Å²) >= 11 is 1.57. The standard InChI is InChI=1S/C19H15N3O2S/c1-13(24-17-8-2-14(12-20)3-9-17)18(23)22-16-6-4-15(5-7-16)19-21-10-11-25-19/h2-11,13H,1H3,(H,22,23). The number of ether oxygens (including phenoxy) is 1. The Morgan fingerprint density at radius 1 is 1.20 bits per heavy atom. The highest BCUT2D eigenvalue weighted by molar-refractivity contribution is 7.13. The van der Waals surface area contributed by atoms with Crippen molar-refractivity contribution in [1.29, 1.82) is 5.26 Å². The maximum atomic E-state index is 12.3. The molecule has 0 aliphatic carbocycles. The predicted molar refractivity (Wildman–Crippen MR) is 97.4 cm³/mol. The number of carbonyl (C=O) groups is 1. The number of aromatic nitrogens is 1. The zero-order chi connectivity index (χ0) is 17.6. The zero-order valence-corrected chi connectivity index (χ0v) is 14.3. The first kappa shape index (κ1) is 16.7. The van der Waals surface area contributed by atoms with Crippen molar-refractivity contribution >= 4 is 22.9 Å². The van der Waals surface area contributed by atoms with Crippen molar-refractivity contribution < 1.29 is 9.53 Å². The van der Waals surface area contributed by atoms with E-state index in [1.54, 1.807) is 48.7 Å². The third-order valence-corrected chi connectivity index (χ3v) is 4.32. The molecule has 0 spiro atoms. The minimum absolute atomic E-state index is 0.244. The first-order valence-corrected chi connectivity index (χ1v) is 8.51. The Labute approximate surface area is 149 Å². The molecule has 3 rings (SSSR count). The molecule has 0 radical (unpaired) electrons. The predicted octanol–water partition coefficient (Wildman–Crippen LogP) is 4.09. The lowest BCUT2D eigenvalue weighted by molar-refractivity contribution is -0.122. The van der Waals surface area contributed by atoms with E-state index in [1.165, 1.54) is 0 Å². The summed E-state index contributed by atoms with van der Waals surface area (Å²) in [5.41, 5.74) is 2.25. The van der Waals surface area contributed by atoms with E-state index in [0.29, 0.717) is 17.0 Å². The van der Waals surface area contributed by atoms with Crippen LogP contribution in [0.5, 0.6) is 5.75 Å². The molecule has 5 nitrogen and oxygen atoms in total. The lowest BCUT2D eigenvalue weighted by Crippen LogP contribution is -2.30. The number of carbonyl (C=O) groups excluding carboxylic acids is 1. The molecule has 1 aromatic heterocycles. The van der Waals surface area contributed by atoms with Gasteiger partial charge in [0.15, 0.2) is 6.10 Å². The van der Waals surface area contributed by atoms with Gasteiger partial charge in [0.1, 0.15) is 10.8 Å². The number of nitrogens with zero attached hydrogens (tertiary/aromatic N) is 2. The summed E-state index contributed by atoms with van der Waals surface area (Å²) in [7, 11) is 0. The van der Waals surface area contributed by atoms with Gasteiger partial charge in [-0.1, -0.05) is 0 Å². The van der Waals surface area contributed by atoms with E-state index >= 15 is 0 Å². The van der Waals surface area contributed by atoms with E-state index < -0.39 is 6.10 Å². The maximum Gasteiger partial charge on any atom is 0.265 e. The highest BCUT2D eigenvalue weighted by Crippen LogP contribution is 2.23. The minimum Gasteiger partial charge on any atom is -0.481 e. The van der Waals surface area contributed by atoms with Gasteiger partial charge in [0.05, 0.1) is 11.6 Å². The molecule has 6 heteroatoms. The number of nitrogens with one attached hydrogen (secondary N) is 1. The average molecular weight is 349 g/mol. The van der Waals surface area contributed by atoms with Crippen molar-refractivity contribution in [2.24, 2.45) is 0 Å². The van der Waals surface area contributed by atoms with E-state index in [1.807, 2.05) is 35.7 Å². The van der Waals surface area contributed by atoms with Crippen molar-refractivity contribution in [3.63, 3.8) is 0 Å². The van der Waals surface area contributed by atoms with Crippen LogP contribution in [-0.4, -0.2) is 17.0 Å². The molecule has 1 atom stereocenters. The Morgan fingerprint density at radius 2 is 1.92 bits per heavy atom. The van der Waals surface area contributed by atoms with Crippen LogP contribution in [0.1, 0.15) is 12.5 Å². The van der Waals surface area contributed by atoms with E-state index in [4.69, 9.17) is 10.00 Å². The van der Waals surface area contributed by atoms with Gasteiger partial charge in [0.2, 0.25) is 0 Å².